The van der Waals surface area contributed by atoms with Gasteiger partial charge in [0, 0.05) is 4.47 Å². The van der Waals surface area contributed by atoms with E-state index >= 15 is 0 Å². The minimum Gasteiger partial charge on any atom is -0.490 e. The molecule has 16 heavy (non-hydrogen) atoms. The van der Waals surface area contributed by atoms with Crippen molar-refractivity contribution in [2.45, 2.75) is 26.7 Å². The van der Waals surface area contributed by atoms with E-state index in [-0.39, 0.29) is 5.75 Å². The van der Waals surface area contributed by atoms with Crippen molar-refractivity contribution in [1.82, 2.24) is 0 Å². The molecule has 0 fully saturated rings. The van der Waals surface area contributed by atoms with Crippen molar-refractivity contribution in [1.29, 1.82) is 0 Å². The summed E-state index contributed by atoms with van der Waals surface area (Å²) in [5.74, 6) is -1.26. The molecule has 0 aliphatic carbocycles. The fourth-order valence-corrected chi connectivity index (χ4v) is 1.72. The number of halogens is 3. The molecule has 1 aromatic carbocycles. The maximum atomic E-state index is 13.2. The molecule has 0 amide bonds. The molecule has 0 saturated carbocycles. The summed E-state index contributed by atoms with van der Waals surface area (Å²) in [5, 5.41) is 0. The van der Waals surface area contributed by atoms with Gasteiger partial charge in [0.15, 0.2) is 11.6 Å². The van der Waals surface area contributed by atoms with Crippen LogP contribution in [0.4, 0.5) is 8.78 Å². The van der Waals surface area contributed by atoms with Crippen LogP contribution in [0.2, 0.25) is 0 Å². The molecular weight excluding hydrogens is 278 g/mol. The average Bonchev–Trinajstić information content (AvgIpc) is 2.19. The minimum absolute atomic E-state index is 0.0318. The standard InChI is InChI=1S/C12H15BrF2O/c1-8(2)4-3-5-16-11-7-9(13)6-10(14)12(11)15/h6-8H,3-5H2,1-2H3. The second-order valence-electron chi connectivity index (χ2n) is 4.08. The van der Waals surface area contributed by atoms with Gasteiger partial charge in [0.05, 0.1) is 6.61 Å². The minimum atomic E-state index is -0.923. The molecule has 0 saturated heterocycles. The van der Waals surface area contributed by atoms with Gasteiger partial charge in [-0.05, 0) is 30.9 Å². The van der Waals surface area contributed by atoms with Crippen LogP contribution in [0, 0.1) is 17.6 Å². The van der Waals surface area contributed by atoms with Crippen LogP contribution < -0.4 is 4.74 Å². The summed E-state index contributed by atoms with van der Waals surface area (Å²) in [6.45, 7) is 4.63. The smallest absolute Gasteiger partial charge is 0.200 e. The van der Waals surface area contributed by atoms with Crippen molar-refractivity contribution >= 4 is 15.9 Å². The highest BCUT2D eigenvalue weighted by Gasteiger charge is 2.10. The lowest BCUT2D eigenvalue weighted by Gasteiger charge is -2.09. The van der Waals surface area contributed by atoms with Gasteiger partial charge in [-0.3, -0.25) is 0 Å². The molecular formula is C12H15BrF2O. The van der Waals surface area contributed by atoms with E-state index in [4.69, 9.17) is 4.74 Å². The van der Waals surface area contributed by atoms with Crippen LogP contribution in [-0.4, -0.2) is 6.61 Å². The third kappa shape index (κ3) is 4.08. The number of hydrogen-bond donors (Lipinski definition) is 0. The Labute approximate surface area is 103 Å². The fourth-order valence-electron chi connectivity index (χ4n) is 1.31. The van der Waals surface area contributed by atoms with Crippen LogP contribution in [0.25, 0.3) is 0 Å². The van der Waals surface area contributed by atoms with E-state index in [0.717, 1.165) is 18.9 Å². The van der Waals surface area contributed by atoms with Crippen LogP contribution in [0.3, 0.4) is 0 Å². The second kappa shape index (κ2) is 6.18. The van der Waals surface area contributed by atoms with Crippen LogP contribution in [-0.2, 0) is 0 Å². The highest BCUT2D eigenvalue weighted by Crippen LogP contribution is 2.25. The van der Waals surface area contributed by atoms with Gasteiger partial charge in [-0.15, -0.1) is 0 Å². The summed E-state index contributed by atoms with van der Waals surface area (Å²) in [6, 6.07) is 2.52. The Bertz CT molecular complexity index is 353. The molecule has 1 aromatic rings. The molecule has 0 aliphatic heterocycles. The molecule has 4 heteroatoms. The van der Waals surface area contributed by atoms with Crippen LogP contribution in [0.5, 0.6) is 5.75 Å². The Morgan fingerprint density at radius 3 is 2.62 bits per heavy atom. The molecule has 1 nitrogen and oxygen atoms in total. The first kappa shape index (κ1) is 13.4. The molecule has 0 bridgehead atoms. The van der Waals surface area contributed by atoms with Gasteiger partial charge in [-0.25, -0.2) is 4.39 Å². The van der Waals surface area contributed by atoms with E-state index in [9.17, 15) is 8.78 Å². The molecule has 0 heterocycles. The van der Waals surface area contributed by atoms with Gasteiger partial charge in [-0.1, -0.05) is 29.8 Å². The molecule has 1 rings (SSSR count). The van der Waals surface area contributed by atoms with E-state index < -0.39 is 11.6 Å². The second-order valence-corrected chi connectivity index (χ2v) is 5.00. The highest BCUT2D eigenvalue weighted by molar-refractivity contribution is 9.10. The molecule has 90 valence electrons. The SMILES string of the molecule is CC(C)CCCOc1cc(Br)cc(F)c1F. The Kier molecular flexibility index (Phi) is 5.19. The van der Waals surface area contributed by atoms with Gasteiger partial charge in [0.2, 0.25) is 5.82 Å². The lowest BCUT2D eigenvalue weighted by Crippen LogP contribution is -2.02. The molecule has 0 unspecified atom stereocenters. The number of ether oxygens (including phenoxy) is 1. The van der Waals surface area contributed by atoms with Crippen molar-refractivity contribution in [3.8, 4) is 5.75 Å². The fraction of sp³-hybridized carbons (Fsp3) is 0.500. The first-order valence-corrected chi connectivity index (χ1v) is 6.07. The Balaban J connectivity index is 2.53. The van der Waals surface area contributed by atoms with Crippen molar-refractivity contribution in [3.05, 3.63) is 28.2 Å². The quantitative estimate of drug-likeness (QED) is 0.572. The average molecular weight is 293 g/mol. The first-order chi connectivity index (χ1) is 7.50. The van der Waals surface area contributed by atoms with Crippen molar-refractivity contribution in [2.75, 3.05) is 6.61 Å². The molecule has 0 spiro atoms. The third-order valence-electron chi connectivity index (χ3n) is 2.14. The van der Waals surface area contributed by atoms with E-state index in [2.05, 4.69) is 29.8 Å². The van der Waals surface area contributed by atoms with Crippen LogP contribution in [0.1, 0.15) is 26.7 Å². The number of benzene rings is 1. The predicted molar refractivity (Wildman–Crippen MR) is 63.6 cm³/mol. The predicted octanol–water partition coefficient (Wildman–Crippen LogP) is 4.54. The third-order valence-corrected chi connectivity index (χ3v) is 2.60. The van der Waals surface area contributed by atoms with Gasteiger partial charge in [0.1, 0.15) is 0 Å². The van der Waals surface area contributed by atoms with Crippen molar-refractivity contribution in [3.63, 3.8) is 0 Å². The topological polar surface area (TPSA) is 9.23 Å². The Hall–Kier alpha value is -0.640. The summed E-state index contributed by atoms with van der Waals surface area (Å²) in [6.07, 6.45) is 1.85. The van der Waals surface area contributed by atoms with Gasteiger partial charge in [0.25, 0.3) is 0 Å². The molecule has 0 aromatic heterocycles. The van der Waals surface area contributed by atoms with E-state index in [0.29, 0.717) is 17.0 Å². The summed E-state index contributed by atoms with van der Waals surface area (Å²) in [5.41, 5.74) is 0. The largest absolute Gasteiger partial charge is 0.490 e. The molecule has 0 N–H and O–H groups in total. The van der Waals surface area contributed by atoms with Crippen LogP contribution >= 0.6 is 15.9 Å². The van der Waals surface area contributed by atoms with Crippen LogP contribution in [0.15, 0.2) is 16.6 Å². The summed E-state index contributed by atoms with van der Waals surface area (Å²) in [4.78, 5) is 0. The summed E-state index contributed by atoms with van der Waals surface area (Å²) >= 11 is 3.09. The van der Waals surface area contributed by atoms with E-state index in [1.807, 2.05) is 0 Å². The van der Waals surface area contributed by atoms with Gasteiger partial charge >= 0.3 is 0 Å². The van der Waals surface area contributed by atoms with E-state index in [1.165, 1.54) is 6.07 Å². The maximum Gasteiger partial charge on any atom is 0.200 e. The van der Waals surface area contributed by atoms with Gasteiger partial charge in [-0.2, -0.15) is 4.39 Å². The van der Waals surface area contributed by atoms with Gasteiger partial charge < -0.3 is 4.74 Å². The Morgan fingerprint density at radius 1 is 1.31 bits per heavy atom. The molecule has 0 radical (unpaired) electrons. The monoisotopic (exact) mass is 292 g/mol. The van der Waals surface area contributed by atoms with Crippen molar-refractivity contribution in [2.24, 2.45) is 5.92 Å². The zero-order valence-electron chi connectivity index (χ0n) is 9.40. The summed E-state index contributed by atoms with van der Waals surface area (Å²) < 4.78 is 31.9. The Morgan fingerprint density at radius 2 is 2.00 bits per heavy atom. The zero-order chi connectivity index (χ0) is 12.1. The first-order valence-electron chi connectivity index (χ1n) is 5.28. The number of hydrogen-bond acceptors (Lipinski definition) is 1. The maximum absolute atomic E-state index is 13.2. The lowest BCUT2D eigenvalue weighted by atomic mass is 10.1. The van der Waals surface area contributed by atoms with E-state index in [1.54, 1.807) is 0 Å². The van der Waals surface area contributed by atoms with Crippen molar-refractivity contribution < 1.29 is 13.5 Å². The summed E-state index contributed by atoms with van der Waals surface area (Å²) in [7, 11) is 0. The number of rotatable bonds is 5. The lowest BCUT2D eigenvalue weighted by molar-refractivity contribution is 0.279. The normalized spacial score (nSPS) is 10.9. The zero-order valence-corrected chi connectivity index (χ0v) is 11.0. The molecule has 0 atom stereocenters. The highest BCUT2D eigenvalue weighted by atomic mass is 79.9. The molecule has 0 aliphatic rings.